The van der Waals surface area contributed by atoms with Crippen molar-refractivity contribution < 1.29 is 9.59 Å². The first-order chi connectivity index (χ1) is 15.7. The molecule has 32 heavy (non-hydrogen) atoms. The summed E-state index contributed by atoms with van der Waals surface area (Å²) in [6, 6.07) is 16.2. The Morgan fingerprint density at radius 2 is 1.91 bits per heavy atom. The standard InChI is InChI=1S/C27H29N3O2/c31-26(28-23-10-6-11-24-22(23)14-16-27(32)29-24)15-13-21-17-20-9-4-5-12-25(20)30(21)18-19-7-2-1-3-8-19/h4-6,9-13,15,17,19H,1-3,7-8,14,16,18H2,(H,28,31)(H,29,32)/b15-13+. The van der Waals surface area contributed by atoms with Gasteiger partial charge in [-0.3, -0.25) is 9.59 Å². The summed E-state index contributed by atoms with van der Waals surface area (Å²) in [5, 5.41) is 7.09. The molecule has 5 nitrogen and oxygen atoms in total. The molecule has 1 fully saturated rings. The quantitative estimate of drug-likeness (QED) is 0.509. The zero-order chi connectivity index (χ0) is 21.9. The van der Waals surface area contributed by atoms with E-state index >= 15 is 0 Å². The second-order valence-electron chi connectivity index (χ2n) is 8.95. The smallest absolute Gasteiger partial charge is 0.248 e. The van der Waals surface area contributed by atoms with Crippen LogP contribution >= 0.6 is 0 Å². The number of carbonyl (C=O) groups excluding carboxylic acids is 2. The average Bonchev–Trinajstić information content (AvgIpc) is 3.16. The summed E-state index contributed by atoms with van der Waals surface area (Å²) in [5.41, 5.74) is 4.83. The Bertz CT molecular complexity index is 1180. The minimum atomic E-state index is -0.162. The van der Waals surface area contributed by atoms with Crippen LogP contribution in [0.3, 0.4) is 0 Å². The van der Waals surface area contributed by atoms with Crippen molar-refractivity contribution in [2.45, 2.75) is 51.5 Å². The third-order valence-electron chi connectivity index (χ3n) is 6.72. The lowest BCUT2D eigenvalue weighted by atomic mass is 9.89. The van der Waals surface area contributed by atoms with Gasteiger partial charge in [-0.05, 0) is 61.1 Å². The number of para-hydroxylation sites is 1. The zero-order valence-corrected chi connectivity index (χ0v) is 18.3. The number of hydrogen-bond acceptors (Lipinski definition) is 2. The molecule has 1 aliphatic heterocycles. The maximum absolute atomic E-state index is 12.8. The average molecular weight is 428 g/mol. The van der Waals surface area contributed by atoms with Crippen molar-refractivity contribution in [3.63, 3.8) is 0 Å². The topological polar surface area (TPSA) is 63.1 Å². The fourth-order valence-corrected chi connectivity index (χ4v) is 5.08. The summed E-state index contributed by atoms with van der Waals surface area (Å²) in [6.45, 7) is 1.00. The molecule has 2 N–H and O–H groups in total. The van der Waals surface area contributed by atoms with Crippen LogP contribution < -0.4 is 10.6 Å². The highest BCUT2D eigenvalue weighted by atomic mass is 16.2. The summed E-state index contributed by atoms with van der Waals surface area (Å²) in [4.78, 5) is 24.4. The van der Waals surface area contributed by atoms with Crippen LogP contribution in [0.5, 0.6) is 0 Å². The molecule has 5 heteroatoms. The van der Waals surface area contributed by atoms with Crippen LogP contribution in [0.2, 0.25) is 0 Å². The van der Waals surface area contributed by atoms with E-state index in [0.29, 0.717) is 18.8 Å². The van der Waals surface area contributed by atoms with Gasteiger partial charge in [0.15, 0.2) is 0 Å². The number of aromatic nitrogens is 1. The van der Waals surface area contributed by atoms with Gasteiger partial charge >= 0.3 is 0 Å². The first-order valence-corrected chi connectivity index (χ1v) is 11.7. The SMILES string of the molecule is O=C(/C=C/c1cc2ccccc2n1CC1CCCCC1)Nc1cccc2c1CCC(=O)N2. The number of carbonyl (C=O) groups is 2. The molecule has 1 aliphatic carbocycles. The number of nitrogens with zero attached hydrogens (tertiary/aromatic N) is 1. The minimum Gasteiger partial charge on any atom is -0.341 e. The lowest BCUT2D eigenvalue weighted by Gasteiger charge is -2.23. The van der Waals surface area contributed by atoms with E-state index in [4.69, 9.17) is 0 Å². The first kappa shape index (κ1) is 20.6. The van der Waals surface area contributed by atoms with E-state index in [1.165, 1.54) is 43.0 Å². The highest BCUT2D eigenvalue weighted by Crippen LogP contribution is 2.30. The Kier molecular flexibility index (Phi) is 5.80. The van der Waals surface area contributed by atoms with Crippen LogP contribution in [0.1, 0.15) is 49.8 Å². The Morgan fingerprint density at radius 3 is 2.78 bits per heavy atom. The molecular formula is C27H29N3O2. The van der Waals surface area contributed by atoms with Gasteiger partial charge in [-0.15, -0.1) is 0 Å². The molecular weight excluding hydrogens is 398 g/mol. The molecule has 0 bridgehead atoms. The molecule has 5 rings (SSSR count). The highest BCUT2D eigenvalue weighted by Gasteiger charge is 2.19. The molecule has 2 amide bonds. The Labute approximate surface area is 188 Å². The van der Waals surface area contributed by atoms with E-state index in [-0.39, 0.29) is 11.8 Å². The number of anilines is 2. The molecule has 0 spiro atoms. The third-order valence-corrected chi connectivity index (χ3v) is 6.72. The van der Waals surface area contributed by atoms with E-state index < -0.39 is 0 Å². The molecule has 2 heterocycles. The van der Waals surface area contributed by atoms with Gasteiger partial charge < -0.3 is 15.2 Å². The van der Waals surface area contributed by atoms with Crippen LogP contribution in [0.15, 0.2) is 54.6 Å². The fourth-order valence-electron chi connectivity index (χ4n) is 5.08. The molecule has 0 radical (unpaired) electrons. The maximum atomic E-state index is 12.8. The molecule has 1 aromatic heterocycles. The summed E-state index contributed by atoms with van der Waals surface area (Å²) < 4.78 is 2.37. The van der Waals surface area contributed by atoms with E-state index in [0.717, 1.165) is 29.2 Å². The van der Waals surface area contributed by atoms with E-state index in [2.05, 4.69) is 45.5 Å². The van der Waals surface area contributed by atoms with E-state index in [1.807, 2.05) is 24.3 Å². The molecule has 0 unspecified atom stereocenters. The lowest BCUT2D eigenvalue weighted by Crippen LogP contribution is -2.21. The van der Waals surface area contributed by atoms with Crippen molar-refractivity contribution >= 4 is 40.2 Å². The van der Waals surface area contributed by atoms with E-state index in [1.54, 1.807) is 6.08 Å². The second kappa shape index (κ2) is 9.03. The predicted octanol–water partition coefficient (Wildman–Crippen LogP) is 5.76. The number of benzene rings is 2. The first-order valence-electron chi connectivity index (χ1n) is 11.7. The zero-order valence-electron chi connectivity index (χ0n) is 18.3. The lowest BCUT2D eigenvalue weighted by molar-refractivity contribution is -0.116. The van der Waals surface area contributed by atoms with Crippen LogP contribution in [0.25, 0.3) is 17.0 Å². The van der Waals surface area contributed by atoms with Gasteiger partial charge in [-0.1, -0.05) is 43.5 Å². The third kappa shape index (κ3) is 4.33. The largest absolute Gasteiger partial charge is 0.341 e. The Balaban J connectivity index is 1.37. The van der Waals surface area contributed by atoms with Crippen molar-refractivity contribution in [1.29, 1.82) is 0 Å². The number of fused-ring (bicyclic) bond motifs is 2. The molecule has 2 aliphatic rings. The van der Waals surface area contributed by atoms with E-state index in [9.17, 15) is 9.59 Å². The molecule has 0 saturated heterocycles. The maximum Gasteiger partial charge on any atom is 0.248 e. The summed E-state index contributed by atoms with van der Waals surface area (Å²) in [7, 11) is 0. The van der Waals surface area contributed by atoms with Crippen LogP contribution in [-0.4, -0.2) is 16.4 Å². The minimum absolute atomic E-state index is 0.0201. The summed E-state index contributed by atoms with van der Waals surface area (Å²) in [5.74, 6) is 0.558. The molecule has 164 valence electrons. The monoisotopic (exact) mass is 427 g/mol. The Hall–Kier alpha value is -3.34. The number of amides is 2. The Morgan fingerprint density at radius 1 is 1.06 bits per heavy atom. The van der Waals surface area contributed by atoms with Crippen LogP contribution in [0.4, 0.5) is 11.4 Å². The van der Waals surface area contributed by atoms with Crippen molar-refractivity contribution in [1.82, 2.24) is 4.57 Å². The summed E-state index contributed by atoms with van der Waals surface area (Å²) in [6.07, 6.45) is 11.2. The van der Waals surface area contributed by atoms with Gasteiger partial charge in [-0.25, -0.2) is 0 Å². The van der Waals surface area contributed by atoms with Crippen LogP contribution in [0, 0.1) is 5.92 Å². The predicted molar refractivity (Wildman–Crippen MR) is 130 cm³/mol. The van der Waals surface area contributed by atoms with Gasteiger partial charge in [0.1, 0.15) is 0 Å². The number of rotatable bonds is 5. The van der Waals surface area contributed by atoms with Gasteiger partial charge in [-0.2, -0.15) is 0 Å². The molecule has 2 aromatic carbocycles. The second-order valence-corrected chi connectivity index (χ2v) is 8.95. The van der Waals surface area contributed by atoms with Gasteiger partial charge in [0.25, 0.3) is 0 Å². The van der Waals surface area contributed by atoms with Gasteiger partial charge in [0.2, 0.25) is 11.8 Å². The number of nitrogens with one attached hydrogen (secondary N) is 2. The van der Waals surface area contributed by atoms with Gasteiger partial charge in [0, 0.05) is 47.0 Å². The molecule has 0 atom stereocenters. The van der Waals surface area contributed by atoms with Crippen molar-refractivity contribution in [3.8, 4) is 0 Å². The van der Waals surface area contributed by atoms with Gasteiger partial charge in [0.05, 0.1) is 0 Å². The highest BCUT2D eigenvalue weighted by molar-refractivity contribution is 6.04. The van der Waals surface area contributed by atoms with Crippen LogP contribution in [-0.2, 0) is 22.6 Å². The van der Waals surface area contributed by atoms with Crippen molar-refractivity contribution in [2.75, 3.05) is 10.6 Å². The summed E-state index contributed by atoms with van der Waals surface area (Å²) >= 11 is 0. The molecule has 1 saturated carbocycles. The normalized spacial score (nSPS) is 16.8. The fraction of sp³-hybridized carbons (Fsp3) is 0.333. The molecule has 3 aromatic rings. The number of hydrogen-bond donors (Lipinski definition) is 2. The van der Waals surface area contributed by atoms with Crippen molar-refractivity contribution in [3.05, 3.63) is 65.9 Å². The van der Waals surface area contributed by atoms with Crippen molar-refractivity contribution in [2.24, 2.45) is 5.92 Å².